The highest BCUT2D eigenvalue weighted by Gasteiger charge is 2.02. The number of hydrogen-bond acceptors (Lipinski definition) is 3. The standard InChI is InChI=1S/C9H14N4O2/c14-7-10-3-1-4-11-9(15)6-8-2-5-12-13-8/h2,5,7H,1,3-4,6H2,(H,10,14)(H,11,15)(H,12,13). The smallest absolute Gasteiger partial charge is 0.225 e. The van der Waals surface area contributed by atoms with Crippen LogP contribution in [0.4, 0.5) is 0 Å². The lowest BCUT2D eigenvalue weighted by atomic mass is 10.3. The van der Waals surface area contributed by atoms with E-state index in [1.807, 2.05) is 0 Å². The number of aromatic amines is 1. The minimum Gasteiger partial charge on any atom is -0.359 e. The van der Waals surface area contributed by atoms with E-state index < -0.39 is 0 Å². The second kappa shape index (κ2) is 6.58. The average Bonchev–Trinajstić information content (AvgIpc) is 2.70. The molecular weight excluding hydrogens is 196 g/mol. The molecule has 6 nitrogen and oxygen atoms in total. The Bertz CT molecular complexity index is 297. The number of amides is 2. The molecule has 0 unspecified atom stereocenters. The summed E-state index contributed by atoms with van der Waals surface area (Å²) in [6.45, 7) is 1.14. The van der Waals surface area contributed by atoms with E-state index in [0.29, 0.717) is 25.9 Å². The van der Waals surface area contributed by atoms with E-state index in [9.17, 15) is 9.59 Å². The van der Waals surface area contributed by atoms with Gasteiger partial charge in [0.1, 0.15) is 0 Å². The fourth-order valence-corrected chi connectivity index (χ4v) is 1.10. The van der Waals surface area contributed by atoms with Gasteiger partial charge in [-0.05, 0) is 12.5 Å². The van der Waals surface area contributed by atoms with Crippen LogP contribution in [0.15, 0.2) is 12.3 Å². The van der Waals surface area contributed by atoms with Crippen molar-refractivity contribution in [3.63, 3.8) is 0 Å². The van der Waals surface area contributed by atoms with Gasteiger partial charge in [-0.2, -0.15) is 5.10 Å². The summed E-state index contributed by atoms with van der Waals surface area (Å²) in [5, 5.41) is 11.7. The summed E-state index contributed by atoms with van der Waals surface area (Å²) in [4.78, 5) is 21.2. The van der Waals surface area contributed by atoms with Gasteiger partial charge in [0.25, 0.3) is 0 Å². The van der Waals surface area contributed by atoms with Crippen LogP contribution in [0.5, 0.6) is 0 Å². The zero-order valence-corrected chi connectivity index (χ0v) is 8.32. The molecule has 82 valence electrons. The molecule has 15 heavy (non-hydrogen) atoms. The molecular formula is C9H14N4O2. The highest BCUT2D eigenvalue weighted by Crippen LogP contribution is 1.92. The average molecular weight is 210 g/mol. The normalized spacial score (nSPS) is 9.60. The predicted molar refractivity (Wildman–Crippen MR) is 54.0 cm³/mol. The molecule has 0 fully saturated rings. The Morgan fingerprint density at radius 1 is 1.53 bits per heavy atom. The fraction of sp³-hybridized carbons (Fsp3) is 0.444. The van der Waals surface area contributed by atoms with Gasteiger partial charge >= 0.3 is 0 Å². The molecule has 0 radical (unpaired) electrons. The molecule has 3 N–H and O–H groups in total. The predicted octanol–water partition coefficient (Wildman–Crippen LogP) is -0.795. The first-order valence-electron chi connectivity index (χ1n) is 4.75. The van der Waals surface area contributed by atoms with Crippen molar-refractivity contribution in [1.82, 2.24) is 20.8 Å². The Morgan fingerprint density at radius 2 is 2.40 bits per heavy atom. The van der Waals surface area contributed by atoms with Crippen molar-refractivity contribution in [2.24, 2.45) is 0 Å². The third kappa shape index (κ3) is 4.80. The molecule has 1 aromatic rings. The maximum atomic E-state index is 11.3. The quantitative estimate of drug-likeness (QED) is 0.407. The fourth-order valence-electron chi connectivity index (χ4n) is 1.10. The number of hydrogen-bond donors (Lipinski definition) is 3. The van der Waals surface area contributed by atoms with E-state index in [2.05, 4.69) is 20.8 Å². The second-order valence-electron chi connectivity index (χ2n) is 3.03. The number of aromatic nitrogens is 2. The highest BCUT2D eigenvalue weighted by molar-refractivity contribution is 5.77. The van der Waals surface area contributed by atoms with Gasteiger partial charge < -0.3 is 10.6 Å². The van der Waals surface area contributed by atoms with E-state index in [0.717, 1.165) is 12.1 Å². The molecule has 0 aliphatic heterocycles. The van der Waals surface area contributed by atoms with Crippen molar-refractivity contribution < 1.29 is 9.59 Å². The van der Waals surface area contributed by atoms with Crippen molar-refractivity contribution in [2.45, 2.75) is 12.8 Å². The number of rotatable bonds is 7. The van der Waals surface area contributed by atoms with Crippen LogP contribution in [0.3, 0.4) is 0 Å². The Hall–Kier alpha value is -1.85. The van der Waals surface area contributed by atoms with Gasteiger partial charge in [0.15, 0.2) is 0 Å². The Morgan fingerprint density at radius 3 is 3.07 bits per heavy atom. The number of carbonyl (C=O) groups excluding carboxylic acids is 2. The zero-order chi connectivity index (χ0) is 10.9. The summed E-state index contributed by atoms with van der Waals surface area (Å²) in [5.74, 6) is -0.0506. The molecule has 2 amide bonds. The number of nitrogens with zero attached hydrogens (tertiary/aromatic N) is 1. The molecule has 1 rings (SSSR count). The zero-order valence-electron chi connectivity index (χ0n) is 8.32. The monoisotopic (exact) mass is 210 g/mol. The van der Waals surface area contributed by atoms with E-state index in [1.54, 1.807) is 12.3 Å². The molecule has 0 bridgehead atoms. The highest BCUT2D eigenvalue weighted by atomic mass is 16.1. The first-order chi connectivity index (χ1) is 7.33. The topological polar surface area (TPSA) is 86.9 Å². The van der Waals surface area contributed by atoms with E-state index in [-0.39, 0.29) is 5.91 Å². The molecule has 1 heterocycles. The van der Waals surface area contributed by atoms with Crippen LogP contribution in [0, 0.1) is 0 Å². The first kappa shape index (κ1) is 11.2. The summed E-state index contributed by atoms with van der Waals surface area (Å²) in [6, 6.07) is 1.76. The molecule has 0 aliphatic rings. The minimum atomic E-state index is -0.0506. The largest absolute Gasteiger partial charge is 0.359 e. The Kier molecular flexibility index (Phi) is 4.93. The Labute approximate surface area is 87.4 Å². The third-order valence-corrected chi connectivity index (χ3v) is 1.81. The van der Waals surface area contributed by atoms with Gasteiger partial charge in [0.05, 0.1) is 6.42 Å². The summed E-state index contributed by atoms with van der Waals surface area (Å²) < 4.78 is 0. The molecule has 0 aromatic carbocycles. The number of carbonyl (C=O) groups is 2. The number of nitrogens with one attached hydrogen (secondary N) is 3. The van der Waals surface area contributed by atoms with Crippen molar-refractivity contribution in [3.8, 4) is 0 Å². The lowest BCUT2D eigenvalue weighted by Gasteiger charge is -2.03. The van der Waals surface area contributed by atoms with Gasteiger partial charge in [-0.15, -0.1) is 0 Å². The van der Waals surface area contributed by atoms with Crippen LogP contribution in [-0.4, -0.2) is 35.6 Å². The first-order valence-corrected chi connectivity index (χ1v) is 4.75. The Balaban J connectivity index is 2.06. The van der Waals surface area contributed by atoms with Gasteiger partial charge in [-0.3, -0.25) is 14.7 Å². The molecule has 0 saturated carbocycles. The van der Waals surface area contributed by atoms with Crippen LogP contribution >= 0.6 is 0 Å². The van der Waals surface area contributed by atoms with Crippen molar-refractivity contribution >= 4 is 12.3 Å². The van der Waals surface area contributed by atoms with Crippen LogP contribution in [-0.2, 0) is 16.0 Å². The minimum absolute atomic E-state index is 0.0506. The van der Waals surface area contributed by atoms with Gasteiger partial charge in [0, 0.05) is 25.0 Å². The summed E-state index contributed by atoms with van der Waals surface area (Å²) in [6.07, 6.45) is 3.29. The van der Waals surface area contributed by atoms with E-state index in [1.165, 1.54) is 0 Å². The molecule has 0 atom stereocenters. The van der Waals surface area contributed by atoms with E-state index in [4.69, 9.17) is 0 Å². The van der Waals surface area contributed by atoms with Gasteiger partial charge in [-0.25, -0.2) is 0 Å². The molecule has 0 spiro atoms. The number of H-pyrrole nitrogens is 1. The molecule has 0 saturated heterocycles. The summed E-state index contributed by atoms with van der Waals surface area (Å²) in [5.41, 5.74) is 0.790. The molecule has 0 aliphatic carbocycles. The maximum absolute atomic E-state index is 11.3. The SMILES string of the molecule is O=CNCCCNC(=O)Cc1ccn[nH]1. The third-order valence-electron chi connectivity index (χ3n) is 1.81. The van der Waals surface area contributed by atoms with Gasteiger partial charge in [-0.1, -0.05) is 0 Å². The molecule has 1 aromatic heterocycles. The molecule has 6 heteroatoms. The van der Waals surface area contributed by atoms with Crippen molar-refractivity contribution in [2.75, 3.05) is 13.1 Å². The lowest BCUT2D eigenvalue weighted by molar-refractivity contribution is -0.120. The maximum Gasteiger partial charge on any atom is 0.225 e. The lowest BCUT2D eigenvalue weighted by Crippen LogP contribution is -2.28. The van der Waals surface area contributed by atoms with E-state index >= 15 is 0 Å². The summed E-state index contributed by atoms with van der Waals surface area (Å²) >= 11 is 0. The van der Waals surface area contributed by atoms with Crippen molar-refractivity contribution in [3.05, 3.63) is 18.0 Å². The van der Waals surface area contributed by atoms with Crippen molar-refractivity contribution in [1.29, 1.82) is 0 Å². The van der Waals surface area contributed by atoms with Crippen LogP contribution < -0.4 is 10.6 Å². The van der Waals surface area contributed by atoms with Gasteiger partial charge in [0.2, 0.25) is 12.3 Å². The van der Waals surface area contributed by atoms with Crippen LogP contribution in [0.2, 0.25) is 0 Å². The van der Waals surface area contributed by atoms with Crippen LogP contribution in [0.25, 0.3) is 0 Å². The van der Waals surface area contributed by atoms with Crippen LogP contribution in [0.1, 0.15) is 12.1 Å². The summed E-state index contributed by atoms with van der Waals surface area (Å²) in [7, 11) is 0. The second-order valence-corrected chi connectivity index (χ2v) is 3.03.